The smallest absolute Gasteiger partial charge is 0.328 e. The molecule has 1 rings (SSSR count). The lowest BCUT2D eigenvalue weighted by Gasteiger charge is -2.27. The number of amides is 1. The van der Waals surface area contributed by atoms with Gasteiger partial charge in [-0.15, -0.1) is 0 Å². The molecule has 2 atom stereocenters. The third kappa shape index (κ3) is 4.20. The fourth-order valence-corrected chi connectivity index (χ4v) is 2.50. The minimum absolute atomic E-state index is 0.0183. The first-order chi connectivity index (χ1) is 8.86. The minimum Gasteiger partial charge on any atom is -0.467 e. The number of rotatable bonds is 6. The van der Waals surface area contributed by atoms with Gasteiger partial charge in [0.05, 0.1) is 13.2 Å². The summed E-state index contributed by atoms with van der Waals surface area (Å²) in [4.78, 5) is 25.9. The summed E-state index contributed by atoms with van der Waals surface area (Å²) in [7, 11) is 1.38. The van der Waals surface area contributed by atoms with E-state index in [1.54, 1.807) is 4.90 Å². The lowest BCUT2D eigenvalue weighted by Crippen LogP contribution is -2.48. The van der Waals surface area contributed by atoms with E-state index in [1.807, 2.05) is 27.7 Å². The number of hydrogen-bond donors (Lipinski definition) is 1. The molecule has 1 aliphatic heterocycles. The van der Waals surface area contributed by atoms with Crippen LogP contribution in [0.1, 0.15) is 40.5 Å². The molecule has 5 heteroatoms. The molecule has 1 heterocycles. The van der Waals surface area contributed by atoms with E-state index in [-0.39, 0.29) is 24.0 Å². The van der Waals surface area contributed by atoms with Crippen LogP contribution in [-0.4, -0.2) is 48.6 Å². The van der Waals surface area contributed by atoms with E-state index in [9.17, 15) is 9.59 Å². The molecular weight excluding hydrogens is 244 g/mol. The Morgan fingerprint density at radius 2 is 2.05 bits per heavy atom. The zero-order valence-electron chi connectivity index (χ0n) is 12.6. The second kappa shape index (κ2) is 6.89. The van der Waals surface area contributed by atoms with Crippen LogP contribution in [0.5, 0.6) is 0 Å². The highest BCUT2D eigenvalue weighted by atomic mass is 16.5. The summed E-state index contributed by atoms with van der Waals surface area (Å²) in [6.07, 6.45) is 1.40. The number of likely N-dealkylation sites (tertiary alicyclic amines) is 1. The van der Waals surface area contributed by atoms with Crippen LogP contribution in [-0.2, 0) is 14.3 Å². The highest BCUT2D eigenvalue weighted by Crippen LogP contribution is 2.20. The first-order valence-electron chi connectivity index (χ1n) is 7.01. The highest BCUT2D eigenvalue weighted by molar-refractivity contribution is 5.89. The fourth-order valence-electron chi connectivity index (χ4n) is 2.50. The Bertz CT molecular complexity index is 329. The van der Waals surface area contributed by atoms with Gasteiger partial charge in [-0.05, 0) is 18.8 Å². The van der Waals surface area contributed by atoms with Crippen LogP contribution in [0.15, 0.2) is 0 Å². The Hall–Kier alpha value is -1.10. The van der Waals surface area contributed by atoms with Gasteiger partial charge in [0.1, 0.15) is 6.04 Å². The zero-order valence-corrected chi connectivity index (χ0v) is 12.6. The second-order valence-corrected chi connectivity index (χ2v) is 5.86. The molecule has 0 aromatic carbocycles. The Morgan fingerprint density at radius 3 is 2.53 bits per heavy atom. The third-order valence-electron chi connectivity index (χ3n) is 3.32. The van der Waals surface area contributed by atoms with Crippen molar-refractivity contribution in [1.29, 1.82) is 0 Å². The summed E-state index contributed by atoms with van der Waals surface area (Å²) in [5.41, 5.74) is 0. The molecule has 1 aliphatic rings. The van der Waals surface area contributed by atoms with Crippen LogP contribution < -0.4 is 5.32 Å². The standard InChI is InChI=1S/C14H26N2O3/c1-9(2)8-12(14(18)19-5)16-7-6-11(13(16)17)15-10(3)4/h9-12,15H,6-8H2,1-5H3. The van der Waals surface area contributed by atoms with Gasteiger partial charge in [0.2, 0.25) is 5.91 Å². The van der Waals surface area contributed by atoms with Crippen molar-refractivity contribution in [1.82, 2.24) is 10.2 Å². The third-order valence-corrected chi connectivity index (χ3v) is 3.32. The normalized spacial score (nSPS) is 21.3. The summed E-state index contributed by atoms with van der Waals surface area (Å²) in [5.74, 6) is 0.0472. The maximum absolute atomic E-state index is 12.3. The largest absolute Gasteiger partial charge is 0.467 e. The van der Waals surface area contributed by atoms with Gasteiger partial charge in [-0.25, -0.2) is 4.79 Å². The summed E-state index contributed by atoms with van der Waals surface area (Å²) in [6, 6.07) is -0.355. The van der Waals surface area contributed by atoms with Crippen LogP contribution in [0.3, 0.4) is 0 Å². The van der Waals surface area contributed by atoms with Crippen LogP contribution in [0.4, 0.5) is 0 Å². The fraction of sp³-hybridized carbons (Fsp3) is 0.857. The maximum atomic E-state index is 12.3. The number of ether oxygens (including phenoxy) is 1. The topological polar surface area (TPSA) is 58.6 Å². The summed E-state index contributed by atoms with van der Waals surface area (Å²) in [6.45, 7) is 8.74. The van der Waals surface area contributed by atoms with E-state index in [0.29, 0.717) is 18.9 Å². The molecule has 0 saturated carbocycles. The van der Waals surface area contributed by atoms with E-state index < -0.39 is 6.04 Å². The molecule has 0 radical (unpaired) electrons. The molecule has 1 amide bonds. The van der Waals surface area contributed by atoms with Crippen molar-refractivity contribution in [3.05, 3.63) is 0 Å². The van der Waals surface area contributed by atoms with Crippen molar-refractivity contribution in [2.45, 2.75) is 58.7 Å². The predicted molar refractivity (Wildman–Crippen MR) is 73.6 cm³/mol. The van der Waals surface area contributed by atoms with Crippen molar-refractivity contribution in [2.75, 3.05) is 13.7 Å². The Labute approximate surface area is 115 Å². The quantitative estimate of drug-likeness (QED) is 0.736. The second-order valence-electron chi connectivity index (χ2n) is 5.86. The monoisotopic (exact) mass is 270 g/mol. The van der Waals surface area contributed by atoms with Crippen molar-refractivity contribution in [3.8, 4) is 0 Å². The van der Waals surface area contributed by atoms with Gasteiger partial charge >= 0.3 is 5.97 Å². The molecule has 0 bridgehead atoms. The molecule has 110 valence electrons. The molecule has 0 aliphatic carbocycles. The lowest BCUT2D eigenvalue weighted by molar-refractivity contribution is -0.152. The Balaban J connectivity index is 2.75. The van der Waals surface area contributed by atoms with Crippen molar-refractivity contribution in [2.24, 2.45) is 5.92 Å². The molecule has 19 heavy (non-hydrogen) atoms. The van der Waals surface area contributed by atoms with Gasteiger partial charge in [0, 0.05) is 12.6 Å². The number of nitrogens with one attached hydrogen (secondary N) is 1. The molecule has 0 spiro atoms. The average molecular weight is 270 g/mol. The molecular formula is C14H26N2O3. The number of nitrogens with zero attached hydrogens (tertiary/aromatic N) is 1. The molecule has 0 aromatic heterocycles. The average Bonchev–Trinajstić information content (AvgIpc) is 2.66. The van der Waals surface area contributed by atoms with Crippen molar-refractivity contribution >= 4 is 11.9 Å². The van der Waals surface area contributed by atoms with Gasteiger partial charge < -0.3 is 15.0 Å². The predicted octanol–water partition coefficient (Wildman–Crippen LogP) is 1.17. The first-order valence-corrected chi connectivity index (χ1v) is 7.01. The zero-order chi connectivity index (χ0) is 14.6. The van der Waals surface area contributed by atoms with E-state index in [0.717, 1.165) is 6.42 Å². The number of hydrogen-bond acceptors (Lipinski definition) is 4. The van der Waals surface area contributed by atoms with E-state index in [1.165, 1.54) is 7.11 Å². The number of carbonyl (C=O) groups is 2. The summed E-state index contributed by atoms with van der Waals surface area (Å²) in [5, 5.41) is 3.24. The molecule has 0 aromatic rings. The van der Waals surface area contributed by atoms with Crippen molar-refractivity contribution < 1.29 is 14.3 Å². The number of carbonyl (C=O) groups excluding carboxylic acids is 2. The van der Waals surface area contributed by atoms with Crippen LogP contribution in [0.2, 0.25) is 0 Å². The number of methoxy groups -OCH3 is 1. The van der Waals surface area contributed by atoms with Gasteiger partial charge in [-0.1, -0.05) is 27.7 Å². The van der Waals surface area contributed by atoms with Gasteiger partial charge in [0.25, 0.3) is 0 Å². The van der Waals surface area contributed by atoms with Gasteiger partial charge in [0.15, 0.2) is 0 Å². The maximum Gasteiger partial charge on any atom is 0.328 e. The van der Waals surface area contributed by atoms with E-state index in [4.69, 9.17) is 4.74 Å². The van der Waals surface area contributed by atoms with Gasteiger partial charge in [-0.3, -0.25) is 4.79 Å². The SMILES string of the molecule is COC(=O)C(CC(C)C)N1CCC(NC(C)C)C1=O. The van der Waals surface area contributed by atoms with Gasteiger partial charge in [-0.2, -0.15) is 0 Å². The van der Waals surface area contributed by atoms with Crippen LogP contribution >= 0.6 is 0 Å². The lowest BCUT2D eigenvalue weighted by atomic mass is 10.0. The summed E-state index contributed by atoms with van der Waals surface area (Å²) >= 11 is 0. The van der Waals surface area contributed by atoms with Crippen molar-refractivity contribution in [3.63, 3.8) is 0 Å². The number of esters is 1. The minimum atomic E-state index is -0.448. The Kier molecular flexibility index (Phi) is 5.79. The van der Waals surface area contributed by atoms with Crippen LogP contribution in [0, 0.1) is 5.92 Å². The van der Waals surface area contributed by atoms with Crippen LogP contribution in [0.25, 0.3) is 0 Å². The molecule has 5 nitrogen and oxygen atoms in total. The molecule has 2 unspecified atom stereocenters. The van der Waals surface area contributed by atoms with E-state index >= 15 is 0 Å². The highest BCUT2D eigenvalue weighted by Gasteiger charge is 2.39. The van der Waals surface area contributed by atoms with E-state index in [2.05, 4.69) is 5.32 Å². The molecule has 1 fully saturated rings. The molecule has 1 saturated heterocycles. The summed E-state index contributed by atoms with van der Waals surface area (Å²) < 4.78 is 4.84. The molecule has 1 N–H and O–H groups in total. The first kappa shape index (κ1) is 16.0. The Morgan fingerprint density at radius 1 is 1.42 bits per heavy atom.